The summed E-state index contributed by atoms with van der Waals surface area (Å²) in [5, 5.41) is 0. The average Bonchev–Trinajstić information content (AvgIpc) is 2.99. The molecule has 0 aliphatic carbocycles. The molecule has 0 spiro atoms. The van der Waals surface area contributed by atoms with Crippen molar-refractivity contribution in [3.63, 3.8) is 0 Å². The van der Waals surface area contributed by atoms with Gasteiger partial charge >= 0.3 is 0 Å². The fourth-order valence-electron chi connectivity index (χ4n) is 2.99. The predicted octanol–water partition coefficient (Wildman–Crippen LogP) is 0.935. The van der Waals surface area contributed by atoms with Gasteiger partial charge in [-0.25, -0.2) is 0 Å². The summed E-state index contributed by atoms with van der Waals surface area (Å²) in [7, 11) is 0. The first-order valence-corrected chi connectivity index (χ1v) is 7.85. The second kappa shape index (κ2) is 6.87. The Morgan fingerprint density at radius 2 is 1.77 bits per heavy atom. The number of nitrogens with zero attached hydrogens (tertiary/aromatic N) is 3. The van der Waals surface area contributed by atoms with E-state index in [1.807, 2.05) is 9.80 Å². The Hall–Kier alpha value is -1.95. The van der Waals surface area contributed by atoms with Crippen LogP contribution in [0.2, 0.25) is 0 Å². The number of rotatable bonds is 2. The molecule has 1 aromatic rings. The summed E-state index contributed by atoms with van der Waals surface area (Å²) in [5.74, 6) is 0.0875. The number of carbonyl (C=O) groups is 2. The Morgan fingerprint density at radius 1 is 1.05 bits per heavy atom. The van der Waals surface area contributed by atoms with E-state index < -0.39 is 0 Å². The molecule has 2 aliphatic rings. The summed E-state index contributed by atoms with van der Waals surface area (Å²) < 4.78 is 5.47. The summed E-state index contributed by atoms with van der Waals surface area (Å²) >= 11 is 0. The highest BCUT2D eigenvalue weighted by Crippen LogP contribution is 2.16. The highest BCUT2D eigenvalue weighted by Gasteiger charge is 2.30. The molecule has 118 valence electrons. The van der Waals surface area contributed by atoms with E-state index in [2.05, 4.69) is 4.98 Å². The van der Waals surface area contributed by atoms with Crippen molar-refractivity contribution in [3.05, 3.63) is 30.1 Å². The third-order valence-corrected chi connectivity index (χ3v) is 4.23. The lowest BCUT2D eigenvalue weighted by Gasteiger charge is -2.24. The number of hydrogen-bond acceptors (Lipinski definition) is 4. The van der Waals surface area contributed by atoms with Gasteiger partial charge in [0.15, 0.2) is 0 Å². The van der Waals surface area contributed by atoms with Crippen LogP contribution in [0.3, 0.4) is 0 Å². The Bertz CT molecular complexity index is 529. The molecule has 0 aromatic carbocycles. The summed E-state index contributed by atoms with van der Waals surface area (Å²) in [5.41, 5.74) is 0.647. The van der Waals surface area contributed by atoms with E-state index in [-0.39, 0.29) is 17.9 Å². The SMILES string of the molecule is O=C(c1ccncc1)N1CCCN(C(=O)C2CCCO2)CC1. The van der Waals surface area contributed by atoms with Gasteiger partial charge in [-0.3, -0.25) is 14.6 Å². The minimum Gasteiger partial charge on any atom is -0.368 e. The van der Waals surface area contributed by atoms with E-state index >= 15 is 0 Å². The second-order valence-corrected chi connectivity index (χ2v) is 5.71. The first-order chi connectivity index (χ1) is 10.8. The van der Waals surface area contributed by atoms with Crippen LogP contribution in [0.5, 0.6) is 0 Å². The Labute approximate surface area is 130 Å². The number of amides is 2. The van der Waals surface area contributed by atoms with Gasteiger partial charge in [0.25, 0.3) is 11.8 Å². The molecule has 3 rings (SSSR count). The molecule has 2 aliphatic heterocycles. The topological polar surface area (TPSA) is 62.7 Å². The zero-order valence-electron chi connectivity index (χ0n) is 12.6. The van der Waals surface area contributed by atoms with Crippen LogP contribution in [-0.4, -0.2) is 65.5 Å². The molecule has 0 N–H and O–H groups in total. The number of carbonyl (C=O) groups excluding carboxylic acids is 2. The van der Waals surface area contributed by atoms with Crippen molar-refractivity contribution in [2.75, 3.05) is 32.8 Å². The maximum absolute atomic E-state index is 12.5. The Morgan fingerprint density at radius 3 is 2.50 bits per heavy atom. The molecule has 3 heterocycles. The van der Waals surface area contributed by atoms with Crippen molar-refractivity contribution in [1.82, 2.24) is 14.8 Å². The van der Waals surface area contributed by atoms with Gasteiger partial charge in [0.1, 0.15) is 6.10 Å². The van der Waals surface area contributed by atoms with Gasteiger partial charge in [-0.1, -0.05) is 0 Å². The van der Waals surface area contributed by atoms with Gasteiger partial charge in [-0.2, -0.15) is 0 Å². The van der Waals surface area contributed by atoms with Crippen LogP contribution in [0.25, 0.3) is 0 Å². The number of aromatic nitrogens is 1. The maximum atomic E-state index is 12.5. The fourth-order valence-corrected chi connectivity index (χ4v) is 2.99. The molecule has 1 aromatic heterocycles. The molecule has 2 amide bonds. The Kier molecular flexibility index (Phi) is 4.68. The van der Waals surface area contributed by atoms with Crippen LogP contribution in [0.1, 0.15) is 29.6 Å². The van der Waals surface area contributed by atoms with Crippen LogP contribution in [0.4, 0.5) is 0 Å². The lowest BCUT2D eigenvalue weighted by atomic mass is 10.2. The van der Waals surface area contributed by atoms with E-state index in [1.54, 1.807) is 24.5 Å². The number of ether oxygens (including phenoxy) is 1. The van der Waals surface area contributed by atoms with Gasteiger partial charge in [-0.05, 0) is 31.4 Å². The zero-order chi connectivity index (χ0) is 15.4. The summed E-state index contributed by atoms with van der Waals surface area (Å²) in [4.78, 5) is 32.4. The van der Waals surface area contributed by atoms with Gasteiger partial charge in [0, 0.05) is 50.7 Å². The third kappa shape index (κ3) is 3.27. The molecule has 2 fully saturated rings. The van der Waals surface area contributed by atoms with Gasteiger partial charge in [0.05, 0.1) is 0 Å². The average molecular weight is 303 g/mol. The van der Waals surface area contributed by atoms with E-state index in [9.17, 15) is 9.59 Å². The molecular weight excluding hydrogens is 282 g/mol. The fraction of sp³-hybridized carbons (Fsp3) is 0.562. The van der Waals surface area contributed by atoms with Crippen molar-refractivity contribution in [3.8, 4) is 0 Å². The normalized spacial score (nSPS) is 22.5. The van der Waals surface area contributed by atoms with Crippen LogP contribution < -0.4 is 0 Å². The van der Waals surface area contributed by atoms with Gasteiger partial charge in [-0.15, -0.1) is 0 Å². The second-order valence-electron chi connectivity index (χ2n) is 5.71. The van der Waals surface area contributed by atoms with Crippen molar-refractivity contribution < 1.29 is 14.3 Å². The van der Waals surface area contributed by atoms with Gasteiger partial charge in [0.2, 0.25) is 0 Å². The predicted molar refractivity (Wildman–Crippen MR) is 80.3 cm³/mol. The maximum Gasteiger partial charge on any atom is 0.254 e. The van der Waals surface area contributed by atoms with Crippen molar-refractivity contribution in [2.45, 2.75) is 25.4 Å². The zero-order valence-corrected chi connectivity index (χ0v) is 12.6. The lowest BCUT2D eigenvalue weighted by Crippen LogP contribution is -2.41. The summed E-state index contributed by atoms with van der Waals surface area (Å²) in [6.45, 7) is 3.20. The first kappa shape index (κ1) is 15.0. The lowest BCUT2D eigenvalue weighted by molar-refractivity contribution is -0.140. The molecule has 2 saturated heterocycles. The van der Waals surface area contributed by atoms with Gasteiger partial charge < -0.3 is 14.5 Å². The van der Waals surface area contributed by atoms with E-state index in [0.29, 0.717) is 38.3 Å². The number of pyridine rings is 1. The highest BCUT2D eigenvalue weighted by atomic mass is 16.5. The molecular formula is C16H21N3O3. The van der Waals surface area contributed by atoms with Crippen molar-refractivity contribution in [1.29, 1.82) is 0 Å². The molecule has 1 atom stereocenters. The number of hydrogen-bond donors (Lipinski definition) is 0. The molecule has 6 nitrogen and oxygen atoms in total. The summed E-state index contributed by atoms with van der Waals surface area (Å²) in [6, 6.07) is 3.45. The quantitative estimate of drug-likeness (QED) is 0.815. The van der Waals surface area contributed by atoms with Crippen molar-refractivity contribution in [2.24, 2.45) is 0 Å². The molecule has 1 unspecified atom stereocenters. The smallest absolute Gasteiger partial charge is 0.254 e. The van der Waals surface area contributed by atoms with Crippen LogP contribution in [-0.2, 0) is 9.53 Å². The summed E-state index contributed by atoms with van der Waals surface area (Å²) in [6.07, 6.45) is 5.54. The van der Waals surface area contributed by atoms with Crippen LogP contribution >= 0.6 is 0 Å². The monoisotopic (exact) mass is 303 g/mol. The van der Waals surface area contributed by atoms with E-state index in [1.165, 1.54) is 0 Å². The molecule has 22 heavy (non-hydrogen) atoms. The standard InChI is InChI=1S/C16H21N3O3/c20-15(13-4-6-17-7-5-13)18-8-2-9-19(11-10-18)16(21)14-3-1-12-22-14/h4-7,14H,1-3,8-12H2. The minimum atomic E-state index is -0.276. The minimum absolute atomic E-state index is 0.00816. The van der Waals surface area contributed by atoms with E-state index in [0.717, 1.165) is 19.3 Å². The van der Waals surface area contributed by atoms with E-state index in [4.69, 9.17) is 4.74 Å². The van der Waals surface area contributed by atoms with Crippen LogP contribution in [0.15, 0.2) is 24.5 Å². The van der Waals surface area contributed by atoms with Crippen LogP contribution in [0, 0.1) is 0 Å². The highest BCUT2D eigenvalue weighted by molar-refractivity contribution is 5.94. The Balaban J connectivity index is 1.60. The molecule has 0 radical (unpaired) electrons. The first-order valence-electron chi connectivity index (χ1n) is 7.85. The largest absolute Gasteiger partial charge is 0.368 e. The molecule has 0 saturated carbocycles. The molecule has 6 heteroatoms. The molecule has 0 bridgehead atoms. The van der Waals surface area contributed by atoms with Crippen molar-refractivity contribution >= 4 is 11.8 Å². The third-order valence-electron chi connectivity index (χ3n) is 4.23.